The van der Waals surface area contributed by atoms with Gasteiger partial charge in [0.1, 0.15) is 5.54 Å². The molecule has 0 spiro atoms. The first-order chi connectivity index (χ1) is 9.08. The SMILES string of the molecule is CCCN(C)CCC1CCCC1(NC1CC1)C(=O)O. The first-order valence-electron chi connectivity index (χ1n) is 7.78. The molecule has 4 heteroatoms. The molecule has 2 fully saturated rings. The first-order valence-corrected chi connectivity index (χ1v) is 7.78. The van der Waals surface area contributed by atoms with Crippen LogP contribution in [0.5, 0.6) is 0 Å². The number of rotatable bonds is 8. The van der Waals surface area contributed by atoms with E-state index in [9.17, 15) is 9.90 Å². The molecule has 19 heavy (non-hydrogen) atoms. The van der Waals surface area contributed by atoms with E-state index in [-0.39, 0.29) is 0 Å². The summed E-state index contributed by atoms with van der Waals surface area (Å²) in [6.45, 7) is 4.30. The summed E-state index contributed by atoms with van der Waals surface area (Å²) in [5.74, 6) is -0.329. The van der Waals surface area contributed by atoms with Gasteiger partial charge in [0, 0.05) is 6.04 Å². The van der Waals surface area contributed by atoms with Gasteiger partial charge in [-0.2, -0.15) is 0 Å². The van der Waals surface area contributed by atoms with Crippen molar-refractivity contribution in [2.45, 2.75) is 63.5 Å². The van der Waals surface area contributed by atoms with E-state index in [1.165, 1.54) is 0 Å². The zero-order valence-corrected chi connectivity index (χ0v) is 12.3. The lowest BCUT2D eigenvalue weighted by molar-refractivity contribution is -0.147. The minimum Gasteiger partial charge on any atom is -0.480 e. The Kier molecular flexibility index (Phi) is 4.85. The molecule has 0 heterocycles. The smallest absolute Gasteiger partial charge is 0.324 e. The minimum absolute atomic E-state index is 0.296. The van der Waals surface area contributed by atoms with Crippen LogP contribution in [0.15, 0.2) is 0 Å². The quantitative estimate of drug-likeness (QED) is 0.708. The van der Waals surface area contributed by atoms with Gasteiger partial charge < -0.3 is 10.0 Å². The molecule has 2 saturated carbocycles. The van der Waals surface area contributed by atoms with Crippen LogP contribution in [0.1, 0.15) is 51.9 Å². The fraction of sp³-hybridized carbons (Fsp3) is 0.933. The maximum absolute atomic E-state index is 11.8. The molecule has 0 aromatic rings. The third kappa shape index (κ3) is 3.48. The van der Waals surface area contributed by atoms with Crippen molar-refractivity contribution in [3.05, 3.63) is 0 Å². The van der Waals surface area contributed by atoms with Crippen molar-refractivity contribution in [3.63, 3.8) is 0 Å². The number of carbonyl (C=O) groups is 1. The Bertz CT molecular complexity index is 317. The zero-order chi connectivity index (χ0) is 13.9. The Balaban J connectivity index is 1.94. The molecule has 2 aliphatic carbocycles. The molecule has 2 N–H and O–H groups in total. The summed E-state index contributed by atoms with van der Waals surface area (Å²) < 4.78 is 0. The second kappa shape index (κ2) is 6.23. The van der Waals surface area contributed by atoms with E-state index in [0.29, 0.717) is 12.0 Å². The fourth-order valence-electron chi connectivity index (χ4n) is 3.46. The molecule has 110 valence electrons. The van der Waals surface area contributed by atoms with Crippen molar-refractivity contribution in [1.29, 1.82) is 0 Å². The van der Waals surface area contributed by atoms with Crippen LogP contribution in [0, 0.1) is 5.92 Å². The number of nitrogens with zero attached hydrogens (tertiary/aromatic N) is 1. The predicted molar refractivity (Wildman–Crippen MR) is 76.3 cm³/mol. The molecule has 0 saturated heterocycles. The predicted octanol–water partition coefficient (Wildman–Crippen LogP) is 2.09. The molecule has 2 aliphatic rings. The second-order valence-electron chi connectivity index (χ2n) is 6.38. The van der Waals surface area contributed by atoms with E-state index in [0.717, 1.165) is 58.0 Å². The zero-order valence-electron chi connectivity index (χ0n) is 12.3. The molecule has 0 aromatic heterocycles. The highest BCUT2D eigenvalue weighted by Crippen LogP contribution is 2.40. The van der Waals surface area contributed by atoms with E-state index in [4.69, 9.17) is 0 Å². The summed E-state index contributed by atoms with van der Waals surface area (Å²) in [4.78, 5) is 14.1. The molecule has 4 nitrogen and oxygen atoms in total. The standard InChI is InChI=1S/C15H28N2O2/c1-3-10-17(2)11-8-12-5-4-9-15(12,14(18)19)16-13-6-7-13/h12-13,16H,3-11H2,1-2H3,(H,18,19). The van der Waals surface area contributed by atoms with E-state index in [2.05, 4.69) is 24.2 Å². The van der Waals surface area contributed by atoms with Crippen LogP contribution in [0.4, 0.5) is 0 Å². The Labute approximate surface area is 116 Å². The van der Waals surface area contributed by atoms with Gasteiger partial charge in [-0.1, -0.05) is 13.3 Å². The molecule has 0 aliphatic heterocycles. The van der Waals surface area contributed by atoms with Crippen LogP contribution in [0.3, 0.4) is 0 Å². The topological polar surface area (TPSA) is 52.6 Å². The second-order valence-corrected chi connectivity index (χ2v) is 6.38. The van der Waals surface area contributed by atoms with Crippen LogP contribution < -0.4 is 5.32 Å². The third-order valence-electron chi connectivity index (χ3n) is 4.71. The van der Waals surface area contributed by atoms with Crippen LogP contribution in [0.2, 0.25) is 0 Å². The van der Waals surface area contributed by atoms with E-state index >= 15 is 0 Å². The fourth-order valence-corrected chi connectivity index (χ4v) is 3.46. The van der Waals surface area contributed by atoms with Crippen molar-refractivity contribution >= 4 is 5.97 Å². The lowest BCUT2D eigenvalue weighted by Gasteiger charge is -2.33. The Morgan fingerprint density at radius 3 is 2.68 bits per heavy atom. The highest BCUT2D eigenvalue weighted by Gasteiger charge is 2.50. The molecule has 0 amide bonds. The van der Waals surface area contributed by atoms with Crippen LogP contribution in [-0.2, 0) is 4.79 Å². The van der Waals surface area contributed by atoms with Gasteiger partial charge in [-0.3, -0.25) is 10.1 Å². The molecular weight excluding hydrogens is 240 g/mol. The molecule has 0 bridgehead atoms. The van der Waals surface area contributed by atoms with Crippen molar-refractivity contribution in [2.75, 3.05) is 20.1 Å². The summed E-state index contributed by atoms with van der Waals surface area (Å²) in [5, 5.41) is 13.2. The number of aliphatic carboxylic acids is 1. The summed E-state index contributed by atoms with van der Waals surface area (Å²) in [6.07, 6.45) is 7.38. The number of hydrogen-bond donors (Lipinski definition) is 2. The molecule has 2 rings (SSSR count). The summed E-state index contributed by atoms with van der Waals surface area (Å²) in [7, 11) is 2.13. The molecular formula is C15H28N2O2. The Morgan fingerprint density at radius 1 is 1.37 bits per heavy atom. The van der Waals surface area contributed by atoms with Gasteiger partial charge in [0.25, 0.3) is 0 Å². The molecule has 2 unspecified atom stereocenters. The highest BCUT2D eigenvalue weighted by molar-refractivity contribution is 5.80. The lowest BCUT2D eigenvalue weighted by Crippen LogP contribution is -2.56. The highest BCUT2D eigenvalue weighted by atomic mass is 16.4. The Morgan fingerprint density at radius 2 is 2.11 bits per heavy atom. The van der Waals surface area contributed by atoms with E-state index < -0.39 is 11.5 Å². The van der Waals surface area contributed by atoms with Gasteiger partial charge in [0.2, 0.25) is 0 Å². The maximum Gasteiger partial charge on any atom is 0.324 e. The first kappa shape index (κ1) is 14.8. The number of nitrogens with one attached hydrogen (secondary N) is 1. The monoisotopic (exact) mass is 268 g/mol. The largest absolute Gasteiger partial charge is 0.480 e. The average Bonchev–Trinajstić information content (AvgIpc) is 3.06. The maximum atomic E-state index is 11.8. The average molecular weight is 268 g/mol. The molecule has 0 aromatic carbocycles. The van der Waals surface area contributed by atoms with Crippen molar-refractivity contribution in [3.8, 4) is 0 Å². The number of carboxylic acids is 1. The van der Waals surface area contributed by atoms with Gasteiger partial charge in [0.15, 0.2) is 0 Å². The Hall–Kier alpha value is -0.610. The van der Waals surface area contributed by atoms with Crippen LogP contribution in [-0.4, -0.2) is 47.7 Å². The van der Waals surface area contributed by atoms with E-state index in [1.807, 2.05) is 0 Å². The number of carboxylic acid groups (broad SMARTS) is 1. The summed E-state index contributed by atoms with van der Waals surface area (Å²) >= 11 is 0. The lowest BCUT2D eigenvalue weighted by atomic mass is 9.84. The summed E-state index contributed by atoms with van der Waals surface area (Å²) in [5.41, 5.74) is -0.631. The summed E-state index contributed by atoms with van der Waals surface area (Å²) in [6, 6.07) is 0.463. The molecule has 2 atom stereocenters. The van der Waals surface area contributed by atoms with Gasteiger partial charge in [-0.15, -0.1) is 0 Å². The minimum atomic E-state index is -0.631. The van der Waals surface area contributed by atoms with Crippen LogP contribution >= 0.6 is 0 Å². The van der Waals surface area contributed by atoms with Gasteiger partial charge in [0.05, 0.1) is 0 Å². The van der Waals surface area contributed by atoms with E-state index in [1.54, 1.807) is 0 Å². The van der Waals surface area contributed by atoms with Crippen molar-refractivity contribution < 1.29 is 9.90 Å². The van der Waals surface area contributed by atoms with Gasteiger partial charge in [-0.25, -0.2) is 0 Å². The van der Waals surface area contributed by atoms with Crippen molar-refractivity contribution in [2.24, 2.45) is 5.92 Å². The third-order valence-corrected chi connectivity index (χ3v) is 4.71. The van der Waals surface area contributed by atoms with Gasteiger partial charge in [-0.05, 0) is 64.6 Å². The molecule has 0 radical (unpaired) electrons. The van der Waals surface area contributed by atoms with Gasteiger partial charge >= 0.3 is 5.97 Å². The number of hydrogen-bond acceptors (Lipinski definition) is 3. The van der Waals surface area contributed by atoms with Crippen molar-refractivity contribution in [1.82, 2.24) is 10.2 Å². The normalized spacial score (nSPS) is 31.0. The van der Waals surface area contributed by atoms with Crippen LogP contribution in [0.25, 0.3) is 0 Å².